The minimum absolute atomic E-state index is 0.274. The predicted octanol–water partition coefficient (Wildman–Crippen LogP) is 3.58. The summed E-state index contributed by atoms with van der Waals surface area (Å²) >= 11 is 4.84. The maximum atomic E-state index is 12.8. The SMILES string of the molecule is Cc1ncc(NC(=O)NCC2CCN(C)CC2)cc1NC(=O)c1cnn2cc(Br)sc12. The minimum atomic E-state index is -0.280. The Morgan fingerprint density at radius 3 is 2.81 bits per heavy atom. The van der Waals surface area contributed by atoms with Crippen LogP contribution in [0.15, 0.2) is 28.4 Å². The van der Waals surface area contributed by atoms with Crippen molar-refractivity contribution in [2.45, 2.75) is 19.8 Å². The van der Waals surface area contributed by atoms with Gasteiger partial charge in [0.15, 0.2) is 0 Å². The van der Waals surface area contributed by atoms with Crippen molar-refractivity contribution in [2.75, 3.05) is 37.3 Å². The highest BCUT2D eigenvalue weighted by molar-refractivity contribution is 9.11. The molecule has 1 aliphatic heterocycles. The number of halogens is 1. The number of urea groups is 1. The molecule has 0 bridgehead atoms. The highest BCUT2D eigenvalue weighted by Crippen LogP contribution is 2.27. The number of nitrogens with one attached hydrogen (secondary N) is 3. The van der Waals surface area contributed by atoms with Crippen LogP contribution in [0.1, 0.15) is 28.9 Å². The van der Waals surface area contributed by atoms with E-state index in [2.05, 4.69) is 53.9 Å². The van der Waals surface area contributed by atoms with Crippen LogP contribution in [0, 0.1) is 12.8 Å². The monoisotopic (exact) mass is 505 g/mol. The average molecular weight is 506 g/mol. The number of aromatic nitrogens is 3. The zero-order valence-corrected chi connectivity index (χ0v) is 19.7. The molecule has 4 rings (SSSR count). The first-order valence-corrected chi connectivity index (χ1v) is 11.6. The smallest absolute Gasteiger partial charge is 0.319 e. The van der Waals surface area contributed by atoms with Gasteiger partial charge in [-0.3, -0.25) is 9.78 Å². The van der Waals surface area contributed by atoms with Crippen LogP contribution in [0.3, 0.4) is 0 Å². The van der Waals surface area contributed by atoms with Crippen LogP contribution in [0.4, 0.5) is 16.2 Å². The number of pyridine rings is 1. The number of nitrogens with zero attached hydrogens (tertiary/aromatic N) is 4. The zero-order chi connectivity index (χ0) is 22.0. The quantitative estimate of drug-likeness (QED) is 0.491. The molecule has 4 heterocycles. The summed E-state index contributed by atoms with van der Waals surface area (Å²) in [5, 5.41) is 12.8. The molecule has 3 aromatic rings. The van der Waals surface area contributed by atoms with Crippen molar-refractivity contribution in [1.82, 2.24) is 24.8 Å². The van der Waals surface area contributed by atoms with Crippen LogP contribution >= 0.6 is 27.3 Å². The van der Waals surface area contributed by atoms with E-state index in [9.17, 15) is 9.59 Å². The van der Waals surface area contributed by atoms with Crippen LogP contribution in [-0.2, 0) is 0 Å². The van der Waals surface area contributed by atoms with Crippen molar-refractivity contribution in [3.05, 3.63) is 39.7 Å². The summed E-state index contributed by atoms with van der Waals surface area (Å²) in [5.41, 5.74) is 2.18. The lowest BCUT2D eigenvalue weighted by molar-refractivity contribution is 0.102. The lowest BCUT2D eigenvalue weighted by atomic mass is 9.97. The van der Waals surface area contributed by atoms with E-state index in [1.165, 1.54) is 17.5 Å². The van der Waals surface area contributed by atoms with Crippen molar-refractivity contribution >= 4 is 55.4 Å². The number of aryl methyl sites for hydroxylation is 1. The number of rotatable bonds is 5. The van der Waals surface area contributed by atoms with Crippen molar-refractivity contribution < 1.29 is 9.59 Å². The van der Waals surface area contributed by atoms with E-state index in [4.69, 9.17) is 0 Å². The van der Waals surface area contributed by atoms with Crippen LogP contribution in [0.25, 0.3) is 4.83 Å². The normalized spacial score (nSPS) is 15.2. The van der Waals surface area contributed by atoms with Gasteiger partial charge in [0.2, 0.25) is 0 Å². The van der Waals surface area contributed by atoms with Gasteiger partial charge in [-0.25, -0.2) is 9.31 Å². The van der Waals surface area contributed by atoms with Gasteiger partial charge >= 0.3 is 6.03 Å². The minimum Gasteiger partial charge on any atom is -0.338 e. The lowest BCUT2D eigenvalue weighted by Gasteiger charge is -2.28. The molecule has 0 spiro atoms. The molecule has 3 amide bonds. The number of thiazole rings is 1. The van der Waals surface area contributed by atoms with Gasteiger partial charge in [0.1, 0.15) is 4.83 Å². The van der Waals surface area contributed by atoms with Crippen LogP contribution < -0.4 is 16.0 Å². The van der Waals surface area contributed by atoms with Gasteiger partial charge in [-0.1, -0.05) is 0 Å². The number of hydrogen-bond donors (Lipinski definition) is 3. The van der Waals surface area contributed by atoms with E-state index in [-0.39, 0.29) is 11.9 Å². The van der Waals surface area contributed by atoms with E-state index < -0.39 is 0 Å². The van der Waals surface area contributed by atoms with Gasteiger partial charge in [0.25, 0.3) is 5.91 Å². The summed E-state index contributed by atoms with van der Waals surface area (Å²) in [4.78, 5) is 32.4. The van der Waals surface area contributed by atoms with E-state index in [1.54, 1.807) is 29.9 Å². The maximum absolute atomic E-state index is 12.8. The molecule has 0 radical (unpaired) electrons. The van der Waals surface area contributed by atoms with Gasteiger partial charge in [0.05, 0.1) is 45.0 Å². The number of fused-ring (bicyclic) bond motifs is 1. The first-order chi connectivity index (χ1) is 14.9. The van der Waals surface area contributed by atoms with Gasteiger partial charge in [0, 0.05) is 6.54 Å². The molecule has 3 N–H and O–H groups in total. The molecule has 0 aromatic carbocycles. The highest BCUT2D eigenvalue weighted by Gasteiger charge is 2.18. The molecule has 31 heavy (non-hydrogen) atoms. The zero-order valence-electron chi connectivity index (χ0n) is 17.3. The third-order valence-electron chi connectivity index (χ3n) is 5.39. The summed E-state index contributed by atoms with van der Waals surface area (Å²) in [7, 11) is 2.12. The number of anilines is 2. The summed E-state index contributed by atoms with van der Waals surface area (Å²) in [5.74, 6) is 0.219. The highest BCUT2D eigenvalue weighted by atomic mass is 79.9. The molecular formula is C20H24BrN7O2S. The number of piperidine rings is 1. The van der Waals surface area contributed by atoms with Crippen molar-refractivity contribution in [2.24, 2.45) is 5.92 Å². The predicted molar refractivity (Wildman–Crippen MR) is 125 cm³/mol. The molecule has 164 valence electrons. The van der Waals surface area contributed by atoms with E-state index in [1.807, 2.05) is 0 Å². The third kappa shape index (κ3) is 5.23. The molecule has 1 fully saturated rings. The molecule has 0 aliphatic carbocycles. The fraction of sp³-hybridized carbons (Fsp3) is 0.400. The second kappa shape index (κ2) is 9.33. The second-order valence-electron chi connectivity index (χ2n) is 7.74. The Kier molecular flexibility index (Phi) is 6.54. The number of carbonyl (C=O) groups excluding carboxylic acids is 2. The second-order valence-corrected chi connectivity index (χ2v) is 10.1. The Morgan fingerprint density at radius 2 is 2.03 bits per heavy atom. The largest absolute Gasteiger partial charge is 0.338 e. The molecule has 1 aliphatic rings. The first kappa shape index (κ1) is 21.7. The number of hydrogen-bond acceptors (Lipinski definition) is 6. The molecule has 9 nitrogen and oxygen atoms in total. The Morgan fingerprint density at radius 1 is 1.26 bits per heavy atom. The van der Waals surface area contributed by atoms with E-state index >= 15 is 0 Å². The van der Waals surface area contributed by atoms with Crippen molar-refractivity contribution in [3.8, 4) is 0 Å². The molecular weight excluding hydrogens is 482 g/mol. The molecule has 11 heteroatoms. The topological polar surface area (TPSA) is 104 Å². The maximum Gasteiger partial charge on any atom is 0.319 e. The van der Waals surface area contributed by atoms with Gasteiger partial charge in [-0.2, -0.15) is 5.10 Å². The van der Waals surface area contributed by atoms with E-state index in [0.717, 1.165) is 34.5 Å². The Labute approximate surface area is 192 Å². The Balaban J connectivity index is 1.37. The fourth-order valence-electron chi connectivity index (χ4n) is 3.51. The molecule has 0 atom stereocenters. The van der Waals surface area contributed by atoms with Gasteiger partial charge in [-0.15, -0.1) is 11.3 Å². The van der Waals surface area contributed by atoms with Gasteiger partial charge < -0.3 is 20.9 Å². The fourth-order valence-corrected chi connectivity index (χ4v) is 4.95. The number of carbonyl (C=O) groups is 2. The number of likely N-dealkylation sites (tertiary alicyclic amines) is 1. The van der Waals surface area contributed by atoms with Crippen molar-refractivity contribution in [1.29, 1.82) is 0 Å². The summed E-state index contributed by atoms with van der Waals surface area (Å²) in [6.07, 6.45) is 7.09. The summed E-state index contributed by atoms with van der Waals surface area (Å²) in [6, 6.07) is 1.43. The summed E-state index contributed by atoms with van der Waals surface area (Å²) in [6.45, 7) is 4.57. The van der Waals surface area contributed by atoms with Crippen LogP contribution in [0.2, 0.25) is 0 Å². The summed E-state index contributed by atoms with van der Waals surface area (Å²) < 4.78 is 2.54. The average Bonchev–Trinajstić information content (AvgIpc) is 3.29. The van der Waals surface area contributed by atoms with Crippen LogP contribution in [0.5, 0.6) is 0 Å². The number of amides is 3. The molecule has 1 saturated heterocycles. The third-order valence-corrected chi connectivity index (χ3v) is 6.99. The Hall–Kier alpha value is -2.50. The molecule has 0 saturated carbocycles. The van der Waals surface area contributed by atoms with Crippen LogP contribution in [-0.4, -0.2) is 58.1 Å². The lowest BCUT2D eigenvalue weighted by Crippen LogP contribution is -2.38. The first-order valence-electron chi connectivity index (χ1n) is 10.0. The van der Waals surface area contributed by atoms with Gasteiger partial charge in [-0.05, 0) is 67.8 Å². The molecule has 0 unspecified atom stereocenters. The Bertz CT molecular complexity index is 1100. The molecule has 3 aromatic heterocycles. The standard InChI is InChI=1S/C20H24BrN7O2S/c1-12-16(26-18(29)15-10-24-28-11-17(21)31-19(15)28)7-14(9-22-12)25-20(30)23-8-13-3-5-27(2)6-4-13/h7,9-11,13H,3-6,8H2,1-2H3,(H,26,29)(H2,23,25,30). The van der Waals surface area contributed by atoms with Crippen molar-refractivity contribution in [3.63, 3.8) is 0 Å². The van der Waals surface area contributed by atoms with E-state index in [0.29, 0.717) is 35.1 Å².